The molecule has 1 unspecified atom stereocenters. The number of rotatable bonds is 19. The first-order valence-corrected chi connectivity index (χ1v) is 16.5. The molecule has 4 N–H and O–H groups in total. The Hall–Kier alpha value is -3.47. The van der Waals surface area contributed by atoms with Crippen LogP contribution in [0.4, 0.5) is 0 Å². The zero-order valence-corrected chi connectivity index (χ0v) is 28.4. The molecule has 2 aromatic carbocycles. The SMILES string of the molecule is CCC(C)[C@@]1(NC(=O)COC)CCN([C@@H](CCc2ccccc2)C(=O)N[C@@H](CC(C)C)[C@H](O)CNCc2cccc(OC)c2)C1=O. The maximum Gasteiger partial charge on any atom is 0.249 e. The highest BCUT2D eigenvalue weighted by atomic mass is 16.5. The van der Waals surface area contributed by atoms with Crippen LogP contribution in [0.2, 0.25) is 0 Å². The molecule has 46 heavy (non-hydrogen) atoms. The third-order valence-corrected chi connectivity index (χ3v) is 9.04. The van der Waals surface area contributed by atoms with Crippen molar-refractivity contribution in [3.05, 3.63) is 65.7 Å². The van der Waals surface area contributed by atoms with Crippen molar-refractivity contribution in [1.82, 2.24) is 20.9 Å². The van der Waals surface area contributed by atoms with Crippen LogP contribution >= 0.6 is 0 Å². The Labute approximate surface area is 274 Å². The number of hydrogen-bond donors (Lipinski definition) is 4. The average Bonchev–Trinajstić information content (AvgIpc) is 3.36. The molecule has 2 aromatic rings. The lowest BCUT2D eigenvalue weighted by atomic mass is 9.81. The summed E-state index contributed by atoms with van der Waals surface area (Å²) in [6.45, 7) is 9.05. The van der Waals surface area contributed by atoms with Gasteiger partial charge in [-0.15, -0.1) is 0 Å². The third-order valence-electron chi connectivity index (χ3n) is 9.04. The first-order valence-electron chi connectivity index (χ1n) is 16.5. The predicted octanol–water partition coefficient (Wildman–Crippen LogP) is 3.46. The first-order chi connectivity index (χ1) is 22.0. The number of aliphatic hydroxyl groups is 1. The zero-order chi connectivity index (χ0) is 33.7. The van der Waals surface area contributed by atoms with E-state index in [4.69, 9.17) is 9.47 Å². The number of likely N-dealkylation sites (tertiary alicyclic amines) is 1. The summed E-state index contributed by atoms with van der Waals surface area (Å²) in [6, 6.07) is 16.3. The quantitative estimate of drug-likeness (QED) is 0.186. The fraction of sp³-hybridized carbons (Fsp3) is 0.583. The molecule has 0 aromatic heterocycles. The zero-order valence-electron chi connectivity index (χ0n) is 28.4. The molecule has 254 valence electrons. The molecule has 1 heterocycles. The monoisotopic (exact) mass is 638 g/mol. The Morgan fingerprint density at radius 1 is 1.04 bits per heavy atom. The Bertz CT molecular complexity index is 1260. The molecule has 3 rings (SSSR count). The van der Waals surface area contributed by atoms with E-state index in [9.17, 15) is 19.5 Å². The van der Waals surface area contributed by atoms with Crippen LogP contribution in [0.25, 0.3) is 0 Å². The van der Waals surface area contributed by atoms with Gasteiger partial charge in [0.2, 0.25) is 17.7 Å². The number of nitrogens with one attached hydrogen (secondary N) is 3. The molecule has 10 heteroatoms. The summed E-state index contributed by atoms with van der Waals surface area (Å²) < 4.78 is 10.3. The van der Waals surface area contributed by atoms with Gasteiger partial charge in [0, 0.05) is 26.7 Å². The van der Waals surface area contributed by atoms with Gasteiger partial charge in [-0.1, -0.05) is 76.6 Å². The number of methoxy groups -OCH3 is 2. The summed E-state index contributed by atoms with van der Waals surface area (Å²) in [5.41, 5.74) is 0.970. The Balaban J connectivity index is 1.81. The first kappa shape index (κ1) is 37.0. The minimum Gasteiger partial charge on any atom is -0.497 e. The molecule has 0 radical (unpaired) electrons. The van der Waals surface area contributed by atoms with Gasteiger partial charge in [0.05, 0.1) is 19.3 Å². The maximum absolute atomic E-state index is 14.3. The Kier molecular flexibility index (Phi) is 14.5. The highest BCUT2D eigenvalue weighted by Crippen LogP contribution is 2.34. The number of carbonyl (C=O) groups excluding carboxylic acids is 3. The van der Waals surface area contributed by atoms with Gasteiger partial charge in [-0.05, 0) is 60.8 Å². The van der Waals surface area contributed by atoms with Gasteiger partial charge in [0.25, 0.3) is 0 Å². The number of amides is 3. The number of aliphatic hydroxyl groups excluding tert-OH is 1. The molecule has 1 aliphatic rings. The molecule has 3 amide bonds. The van der Waals surface area contributed by atoms with Crippen molar-refractivity contribution in [1.29, 1.82) is 0 Å². The average molecular weight is 639 g/mol. The van der Waals surface area contributed by atoms with E-state index in [0.29, 0.717) is 45.2 Å². The standard InChI is InChI=1S/C36H54N4O6/c1-7-26(4)36(39-33(42)24-45-5)18-19-40(35(36)44)31(17-16-27-12-9-8-10-13-27)34(43)38-30(20-25(2)3)32(41)23-37-22-28-14-11-15-29(21-28)46-6/h8-15,21,25-26,30-32,37,41H,7,16-20,22-24H2,1-6H3,(H,38,43)(H,39,42)/t26?,30-,31-,32+,36-/m0/s1. The fourth-order valence-corrected chi connectivity index (χ4v) is 6.28. The highest BCUT2D eigenvalue weighted by molar-refractivity contribution is 5.97. The summed E-state index contributed by atoms with van der Waals surface area (Å²) in [6.07, 6.45) is 1.79. The van der Waals surface area contributed by atoms with E-state index in [0.717, 1.165) is 16.9 Å². The largest absolute Gasteiger partial charge is 0.497 e. The second kappa shape index (κ2) is 18.0. The van der Waals surface area contributed by atoms with Crippen molar-refractivity contribution >= 4 is 17.7 Å². The molecule has 1 fully saturated rings. The summed E-state index contributed by atoms with van der Waals surface area (Å²) in [4.78, 5) is 42.8. The number of hydrogen-bond acceptors (Lipinski definition) is 7. The fourth-order valence-electron chi connectivity index (χ4n) is 6.28. The highest BCUT2D eigenvalue weighted by Gasteiger charge is 2.53. The van der Waals surface area contributed by atoms with E-state index in [1.165, 1.54) is 7.11 Å². The molecule has 5 atom stereocenters. The number of nitrogens with zero attached hydrogens (tertiary/aromatic N) is 1. The lowest BCUT2D eigenvalue weighted by Crippen LogP contribution is -2.61. The number of ether oxygens (including phenoxy) is 2. The van der Waals surface area contributed by atoms with E-state index in [1.54, 1.807) is 12.0 Å². The summed E-state index contributed by atoms with van der Waals surface area (Å²) in [5.74, 6) is -0.0768. The molecule has 0 saturated carbocycles. The third kappa shape index (κ3) is 10.0. The van der Waals surface area contributed by atoms with Crippen LogP contribution in [0.5, 0.6) is 5.75 Å². The van der Waals surface area contributed by atoms with Gasteiger partial charge >= 0.3 is 0 Å². The lowest BCUT2D eigenvalue weighted by molar-refractivity contribution is -0.145. The summed E-state index contributed by atoms with van der Waals surface area (Å²) >= 11 is 0. The number of benzene rings is 2. The minimum absolute atomic E-state index is 0.144. The number of carbonyl (C=O) groups is 3. The van der Waals surface area contributed by atoms with Gasteiger partial charge in [0.15, 0.2) is 0 Å². The van der Waals surface area contributed by atoms with E-state index >= 15 is 0 Å². The van der Waals surface area contributed by atoms with Crippen molar-refractivity contribution in [2.45, 2.75) is 90.1 Å². The smallest absolute Gasteiger partial charge is 0.249 e. The topological polar surface area (TPSA) is 129 Å². The van der Waals surface area contributed by atoms with Crippen molar-refractivity contribution < 1.29 is 29.0 Å². The van der Waals surface area contributed by atoms with Gasteiger partial charge in [-0.2, -0.15) is 0 Å². The maximum atomic E-state index is 14.3. The van der Waals surface area contributed by atoms with Crippen molar-refractivity contribution in [2.24, 2.45) is 11.8 Å². The van der Waals surface area contributed by atoms with Crippen LogP contribution in [0.3, 0.4) is 0 Å². The summed E-state index contributed by atoms with van der Waals surface area (Å²) in [7, 11) is 3.07. The van der Waals surface area contributed by atoms with Crippen LogP contribution < -0.4 is 20.7 Å². The van der Waals surface area contributed by atoms with Crippen molar-refractivity contribution in [3.8, 4) is 5.75 Å². The van der Waals surface area contributed by atoms with Gasteiger partial charge in [-0.25, -0.2) is 0 Å². The Morgan fingerprint density at radius 3 is 2.41 bits per heavy atom. The lowest BCUT2D eigenvalue weighted by Gasteiger charge is -2.36. The van der Waals surface area contributed by atoms with Crippen molar-refractivity contribution in [2.75, 3.05) is 33.9 Å². The van der Waals surface area contributed by atoms with Crippen molar-refractivity contribution in [3.63, 3.8) is 0 Å². The predicted molar refractivity (Wildman–Crippen MR) is 179 cm³/mol. The molecular weight excluding hydrogens is 584 g/mol. The molecule has 0 aliphatic carbocycles. The summed E-state index contributed by atoms with van der Waals surface area (Å²) in [5, 5.41) is 20.7. The molecular formula is C36H54N4O6. The van der Waals surface area contributed by atoms with Crippen LogP contribution in [0.1, 0.15) is 64.5 Å². The van der Waals surface area contributed by atoms with Crippen LogP contribution in [0.15, 0.2) is 54.6 Å². The van der Waals surface area contributed by atoms with Gasteiger partial charge in [0.1, 0.15) is 23.9 Å². The van der Waals surface area contributed by atoms with E-state index in [-0.39, 0.29) is 42.7 Å². The molecule has 1 aliphatic heterocycles. The second-order valence-corrected chi connectivity index (χ2v) is 12.8. The minimum atomic E-state index is -1.11. The van der Waals surface area contributed by atoms with E-state index < -0.39 is 23.7 Å². The normalized spacial score (nSPS) is 19.0. The van der Waals surface area contributed by atoms with E-state index in [1.807, 2.05) is 68.4 Å². The van der Waals surface area contributed by atoms with Crippen LogP contribution in [0, 0.1) is 11.8 Å². The molecule has 0 spiro atoms. The van der Waals surface area contributed by atoms with Crippen LogP contribution in [-0.2, 0) is 32.1 Å². The molecule has 1 saturated heterocycles. The van der Waals surface area contributed by atoms with Gasteiger partial charge in [-0.3, -0.25) is 14.4 Å². The second-order valence-electron chi connectivity index (χ2n) is 12.8. The molecule has 10 nitrogen and oxygen atoms in total. The van der Waals surface area contributed by atoms with Crippen LogP contribution in [-0.4, -0.2) is 85.4 Å². The van der Waals surface area contributed by atoms with Gasteiger partial charge < -0.3 is 35.4 Å². The van der Waals surface area contributed by atoms with E-state index in [2.05, 4.69) is 29.8 Å². The number of aryl methyl sites for hydroxylation is 1. The Morgan fingerprint density at radius 2 is 1.76 bits per heavy atom. The molecule has 0 bridgehead atoms.